The maximum Gasteiger partial charge on any atom is 0.268 e. The highest BCUT2D eigenvalue weighted by Gasteiger charge is 2.24. The van der Waals surface area contributed by atoms with Gasteiger partial charge in [-0.05, 0) is 12.8 Å². The molecule has 0 aliphatic heterocycles. The van der Waals surface area contributed by atoms with Crippen molar-refractivity contribution in [2.45, 2.75) is 379 Å². The molecule has 450 valence electrons. The minimum absolute atomic E-state index is 0.0167. The molecular formula is C66H135N2O6P. The summed E-state index contributed by atoms with van der Waals surface area (Å²) in [7, 11) is 1.33. The van der Waals surface area contributed by atoms with Gasteiger partial charge in [0.05, 0.1) is 39.9 Å². The SMILES string of the molecule is CCCCCCCCCCCCCCCCCCCCCCCCCCCCCCCCCCCCCCC(=O)NC(COP(=O)([O-])OCC[N+](C)(C)C)C(O)CCCCCCCCCCCCCCCCCCC. The Morgan fingerprint density at radius 1 is 0.413 bits per heavy atom. The van der Waals surface area contributed by atoms with Crippen molar-refractivity contribution in [3.63, 3.8) is 0 Å². The predicted octanol–water partition coefficient (Wildman–Crippen LogP) is 20.5. The highest BCUT2D eigenvalue weighted by molar-refractivity contribution is 7.45. The van der Waals surface area contributed by atoms with E-state index in [2.05, 4.69) is 19.2 Å². The summed E-state index contributed by atoms with van der Waals surface area (Å²) >= 11 is 0. The van der Waals surface area contributed by atoms with Gasteiger partial charge in [0.15, 0.2) is 0 Å². The van der Waals surface area contributed by atoms with Crippen molar-refractivity contribution in [3.05, 3.63) is 0 Å². The van der Waals surface area contributed by atoms with Gasteiger partial charge in [-0.3, -0.25) is 9.36 Å². The summed E-state index contributed by atoms with van der Waals surface area (Å²) in [4.78, 5) is 25.6. The summed E-state index contributed by atoms with van der Waals surface area (Å²) in [6.07, 6.45) is 71.9. The van der Waals surface area contributed by atoms with Crippen LogP contribution in [0.15, 0.2) is 0 Å². The van der Waals surface area contributed by atoms with Gasteiger partial charge in [-0.15, -0.1) is 0 Å². The number of phosphoric acid groups is 1. The number of phosphoric ester groups is 1. The zero-order chi connectivity index (χ0) is 54.9. The van der Waals surface area contributed by atoms with Crippen molar-refractivity contribution in [3.8, 4) is 0 Å². The van der Waals surface area contributed by atoms with Crippen LogP contribution in [0.2, 0.25) is 0 Å². The summed E-state index contributed by atoms with van der Waals surface area (Å²) in [5, 5.41) is 14.1. The Morgan fingerprint density at radius 2 is 0.653 bits per heavy atom. The molecule has 3 unspecified atom stereocenters. The van der Waals surface area contributed by atoms with Crippen LogP contribution in [0.4, 0.5) is 0 Å². The van der Waals surface area contributed by atoms with Crippen molar-refractivity contribution in [2.75, 3.05) is 40.9 Å². The fourth-order valence-electron chi connectivity index (χ4n) is 10.8. The minimum atomic E-state index is -4.57. The molecule has 0 heterocycles. The Labute approximate surface area is 470 Å². The molecule has 1 amide bonds. The Kier molecular flexibility index (Phi) is 57.8. The highest BCUT2D eigenvalue weighted by Crippen LogP contribution is 2.38. The molecule has 0 saturated heterocycles. The lowest BCUT2D eigenvalue weighted by Gasteiger charge is -2.30. The monoisotopic (exact) mass is 1080 g/mol. The molecule has 0 radical (unpaired) electrons. The lowest BCUT2D eigenvalue weighted by atomic mass is 10.0. The standard InChI is InChI=1S/C66H135N2O6P/c1-6-8-10-12-14-16-18-20-22-24-25-26-27-28-29-30-31-32-33-34-35-36-37-38-39-40-41-42-44-46-48-50-52-54-56-58-60-66(70)67-64(63-74-75(71,72)73-62-61-68(3,4)5)65(69)59-57-55-53-51-49-47-45-43-23-21-19-17-15-13-11-9-7-2/h64-65,69H,6-63H2,1-5H3,(H-,67,70,71,72). The third-order valence-corrected chi connectivity index (χ3v) is 17.1. The van der Waals surface area contributed by atoms with Crippen LogP contribution >= 0.6 is 7.82 Å². The van der Waals surface area contributed by atoms with Crippen LogP contribution in [0.5, 0.6) is 0 Å². The van der Waals surface area contributed by atoms with E-state index < -0.39 is 20.0 Å². The van der Waals surface area contributed by atoms with Crippen molar-refractivity contribution < 1.29 is 32.9 Å². The summed E-state index contributed by atoms with van der Waals surface area (Å²) in [5.74, 6) is -0.155. The first-order valence-electron chi connectivity index (χ1n) is 33.9. The van der Waals surface area contributed by atoms with Gasteiger partial charge in [0.25, 0.3) is 7.82 Å². The van der Waals surface area contributed by atoms with Gasteiger partial charge in [0, 0.05) is 6.42 Å². The lowest BCUT2D eigenvalue weighted by Crippen LogP contribution is -2.46. The van der Waals surface area contributed by atoms with Gasteiger partial charge in [-0.25, -0.2) is 0 Å². The fraction of sp³-hybridized carbons (Fsp3) is 0.985. The zero-order valence-corrected chi connectivity index (χ0v) is 52.4. The number of amides is 1. The Hall–Kier alpha value is -0.500. The number of unbranched alkanes of at least 4 members (excludes halogenated alkanes) is 51. The van der Waals surface area contributed by atoms with Gasteiger partial charge in [0.1, 0.15) is 13.2 Å². The van der Waals surface area contributed by atoms with Crippen molar-refractivity contribution in [2.24, 2.45) is 0 Å². The second-order valence-corrected chi connectivity index (χ2v) is 26.3. The van der Waals surface area contributed by atoms with Gasteiger partial charge in [-0.2, -0.15) is 0 Å². The normalized spacial score (nSPS) is 13.6. The molecule has 0 aromatic heterocycles. The van der Waals surface area contributed by atoms with Crippen LogP contribution in [0, 0.1) is 0 Å². The average Bonchev–Trinajstić information content (AvgIpc) is 3.37. The molecule has 0 fully saturated rings. The molecule has 0 bridgehead atoms. The number of nitrogens with one attached hydrogen (secondary N) is 1. The molecular weight excluding hydrogens is 948 g/mol. The first-order valence-corrected chi connectivity index (χ1v) is 35.3. The molecule has 0 saturated carbocycles. The number of quaternary nitrogens is 1. The molecule has 3 atom stereocenters. The summed E-state index contributed by atoms with van der Waals surface area (Å²) in [5.41, 5.74) is 0. The minimum Gasteiger partial charge on any atom is -0.756 e. The third-order valence-electron chi connectivity index (χ3n) is 16.1. The molecule has 0 aromatic rings. The van der Waals surface area contributed by atoms with Gasteiger partial charge < -0.3 is 28.8 Å². The first kappa shape index (κ1) is 74.5. The van der Waals surface area contributed by atoms with Gasteiger partial charge >= 0.3 is 0 Å². The van der Waals surface area contributed by atoms with Crippen LogP contribution in [-0.2, 0) is 18.4 Å². The molecule has 2 N–H and O–H groups in total. The van der Waals surface area contributed by atoms with E-state index in [1.165, 1.54) is 302 Å². The number of likely N-dealkylation sites (N-methyl/N-ethyl adjacent to an activating group) is 1. The van der Waals surface area contributed by atoms with Crippen LogP contribution in [0.3, 0.4) is 0 Å². The van der Waals surface area contributed by atoms with Crippen LogP contribution in [0.25, 0.3) is 0 Å². The topological polar surface area (TPSA) is 108 Å². The maximum absolute atomic E-state index is 13.0. The van der Waals surface area contributed by atoms with Crippen molar-refractivity contribution in [1.82, 2.24) is 5.32 Å². The molecule has 75 heavy (non-hydrogen) atoms. The Bertz CT molecular complexity index is 1180. The summed E-state index contributed by atoms with van der Waals surface area (Å²) in [6, 6.07) is -0.796. The second-order valence-electron chi connectivity index (χ2n) is 24.9. The number of aliphatic hydroxyl groups excluding tert-OH is 1. The van der Waals surface area contributed by atoms with Crippen LogP contribution in [0.1, 0.15) is 367 Å². The first-order chi connectivity index (χ1) is 36.5. The zero-order valence-electron chi connectivity index (χ0n) is 51.5. The van der Waals surface area contributed by atoms with E-state index in [0.717, 1.165) is 38.5 Å². The molecule has 8 nitrogen and oxygen atoms in total. The number of nitrogens with zero attached hydrogens (tertiary/aromatic N) is 1. The van der Waals surface area contributed by atoms with E-state index >= 15 is 0 Å². The van der Waals surface area contributed by atoms with Gasteiger partial charge in [-0.1, -0.05) is 348 Å². The van der Waals surface area contributed by atoms with E-state index in [4.69, 9.17) is 9.05 Å². The number of carbonyl (C=O) groups is 1. The van der Waals surface area contributed by atoms with E-state index in [-0.39, 0.29) is 19.1 Å². The molecule has 0 aliphatic rings. The maximum atomic E-state index is 13.0. The smallest absolute Gasteiger partial charge is 0.268 e. The third kappa shape index (κ3) is 61.0. The average molecular weight is 1080 g/mol. The van der Waals surface area contributed by atoms with E-state index in [1.54, 1.807) is 0 Å². The molecule has 0 aliphatic carbocycles. The Balaban J connectivity index is 3.88. The van der Waals surface area contributed by atoms with Crippen molar-refractivity contribution >= 4 is 13.7 Å². The lowest BCUT2D eigenvalue weighted by molar-refractivity contribution is -0.870. The number of hydrogen-bond donors (Lipinski definition) is 2. The van der Waals surface area contributed by atoms with Gasteiger partial charge in [0.2, 0.25) is 5.91 Å². The predicted molar refractivity (Wildman–Crippen MR) is 326 cm³/mol. The number of carbonyl (C=O) groups excluding carboxylic acids is 1. The van der Waals surface area contributed by atoms with E-state index in [1.807, 2.05) is 21.1 Å². The summed E-state index contributed by atoms with van der Waals surface area (Å²) < 4.78 is 23.5. The summed E-state index contributed by atoms with van der Waals surface area (Å²) in [6.45, 7) is 4.79. The largest absolute Gasteiger partial charge is 0.756 e. The van der Waals surface area contributed by atoms with Crippen molar-refractivity contribution in [1.29, 1.82) is 0 Å². The molecule has 0 spiro atoms. The quantitative estimate of drug-likeness (QED) is 0.0357. The molecule has 0 rings (SSSR count). The van der Waals surface area contributed by atoms with Crippen LogP contribution < -0.4 is 10.2 Å². The number of aliphatic hydroxyl groups is 1. The Morgan fingerprint density at radius 3 is 0.907 bits per heavy atom. The van der Waals surface area contributed by atoms with E-state index in [9.17, 15) is 19.4 Å². The number of hydrogen-bond acceptors (Lipinski definition) is 6. The molecule has 9 heteroatoms. The van der Waals surface area contributed by atoms with E-state index in [0.29, 0.717) is 23.9 Å². The fourth-order valence-corrected chi connectivity index (χ4v) is 11.5. The highest BCUT2D eigenvalue weighted by atomic mass is 31.2. The second kappa shape index (κ2) is 58.2. The number of rotatable bonds is 64. The van der Waals surface area contributed by atoms with Crippen LogP contribution in [-0.4, -0.2) is 68.5 Å². The molecule has 0 aromatic carbocycles.